The number of rotatable bonds is 1. The van der Waals surface area contributed by atoms with E-state index in [0.29, 0.717) is 10.9 Å². The number of H-pyrrole nitrogens is 1. The lowest BCUT2D eigenvalue weighted by Crippen LogP contribution is -2.25. The third-order valence-corrected chi connectivity index (χ3v) is 2.73. The van der Waals surface area contributed by atoms with Crippen molar-refractivity contribution in [1.29, 1.82) is 0 Å². The first-order valence-electron chi connectivity index (χ1n) is 3.63. The number of aromatic amines is 1. The summed E-state index contributed by atoms with van der Waals surface area (Å²) in [6, 6.07) is 4.46. The molecule has 11 heavy (non-hydrogen) atoms. The van der Waals surface area contributed by atoms with Crippen molar-refractivity contribution in [3.8, 4) is 0 Å². The first kappa shape index (κ1) is 7.34. The zero-order valence-electron chi connectivity index (χ0n) is 5.97. The predicted octanol–water partition coefficient (Wildman–Crippen LogP) is 0.927. The normalized spacial score (nSPS) is 31.0. The van der Waals surface area contributed by atoms with Crippen molar-refractivity contribution in [2.45, 2.75) is 10.9 Å². The Labute approximate surface area is 73.7 Å². The van der Waals surface area contributed by atoms with Crippen LogP contribution in [0, 0.1) is 0 Å². The standard InChI is InChI=1S/C7H10BrN3/c8-5-4-10-11-7(5)6-2-1-3-9-6/h1-3,5,7,9-11H,4H2. The molecule has 2 rings (SSSR count). The molecule has 0 aromatic carbocycles. The van der Waals surface area contributed by atoms with Crippen LogP contribution in [0.5, 0.6) is 0 Å². The molecular weight excluding hydrogens is 206 g/mol. The molecule has 0 radical (unpaired) electrons. The monoisotopic (exact) mass is 215 g/mol. The van der Waals surface area contributed by atoms with Crippen LogP contribution in [0.15, 0.2) is 18.3 Å². The van der Waals surface area contributed by atoms with E-state index in [-0.39, 0.29) is 0 Å². The van der Waals surface area contributed by atoms with Gasteiger partial charge < -0.3 is 4.98 Å². The summed E-state index contributed by atoms with van der Waals surface area (Å²) in [5, 5.41) is 0. The van der Waals surface area contributed by atoms with Gasteiger partial charge in [-0.25, -0.2) is 5.43 Å². The van der Waals surface area contributed by atoms with Crippen LogP contribution in [-0.2, 0) is 0 Å². The Kier molecular flexibility index (Phi) is 1.98. The molecule has 0 spiro atoms. The fourth-order valence-electron chi connectivity index (χ4n) is 1.28. The summed E-state index contributed by atoms with van der Waals surface area (Å²) in [7, 11) is 0. The molecule has 4 heteroatoms. The van der Waals surface area contributed by atoms with Gasteiger partial charge in [0, 0.05) is 18.4 Å². The van der Waals surface area contributed by atoms with Crippen LogP contribution >= 0.6 is 15.9 Å². The van der Waals surface area contributed by atoms with E-state index in [1.165, 1.54) is 5.69 Å². The molecule has 2 atom stereocenters. The summed E-state index contributed by atoms with van der Waals surface area (Å²) in [4.78, 5) is 3.65. The van der Waals surface area contributed by atoms with Crippen molar-refractivity contribution in [3.63, 3.8) is 0 Å². The number of hydrazine groups is 1. The van der Waals surface area contributed by atoms with E-state index in [1.54, 1.807) is 0 Å². The van der Waals surface area contributed by atoms with E-state index in [0.717, 1.165) is 6.54 Å². The topological polar surface area (TPSA) is 39.8 Å². The van der Waals surface area contributed by atoms with Gasteiger partial charge in [-0.1, -0.05) is 15.9 Å². The van der Waals surface area contributed by atoms with Gasteiger partial charge in [0.15, 0.2) is 0 Å². The second kappa shape index (κ2) is 2.97. The van der Waals surface area contributed by atoms with Crippen molar-refractivity contribution in [2.24, 2.45) is 0 Å². The first-order chi connectivity index (χ1) is 5.38. The highest BCUT2D eigenvalue weighted by Crippen LogP contribution is 2.22. The quantitative estimate of drug-likeness (QED) is 0.611. The summed E-state index contributed by atoms with van der Waals surface area (Å²) in [6.45, 7) is 0.962. The summed E-state index contributed by atoms with van der Waals surface area (Å²) in [5.74, 6) is 0. The Bertz CT molecular complexity index is 222. The predicted molar refractivity (Wildman–Crippen MR) is 47.4 cm³/mol. The number of nitrogens with one attached hydrogen (secondary N) is 3. The Morgan fingerprint density at radius 2 is 2.45 bits per heavy atom. The molecule has 0 saturated carbocycles. The van der Waals surface area contributed by atoms with E-state index in [1.807, 2.05) is 12.3 Å². The minimum atomic E-state index is 0.366. The van der Waals surface area contributed by atoms with Crippen LogP contribution in [0.4, 0.5) is 0 Å². The highest BCUT2D eigenvalue weighted by molar-refractivity contribution is 9.09. The second-order valence-electron chi connectivity index (χ2n) is 2.64. The number of aromatic nitrogens is 1. The van der Waals surface area contributed by atoms with E-state index in [9.17, 15) is 0 Å². The fourth-order valence-corrected chi connectivity index (χ4v) is 1.86. The minimum absolute atomic E-state index is 0.366. The van der Waals surface area contributed by atoms with Crippen LogP contribution < -0.4 is 10.9 Å². The molecule has 3 N–H and O–H groups in total. The highest BCUT2D eigenvalue weighted by Gasteiger charge is 2.25. The van der Waals surface area contributed by atoms with Crippen molar-refractivity contribution < 1.29 is 0 Å². The molecule has 1 aromatic rings. The van der Waals surface area contributed by atoms with Gasteiger partial charge in [0.05, 0.1) is 10.9 Å². The first-order valence-corrected chi connectivity index (χ1v) is 4.55. The Hall–Kier alpha value is -0.320. The van der Waals surface area contributed by atoms with Gasteiger partial charge in [-0.3, -0.25) is 5.43 Å². The Morgan fingerprint density at radius 1 is 1.55 bits per heavy atom. The van der Waals surface area contributed by atoms with Crippen LogP contribution in [0.25, 0.3) is 0 Å². The van der Waals surface area contributed by atoms with Gasteiger partial charge >= 0.3 is 0 Å². The summed E-state index contributed by atoms with van der Waals surface area (Å²) >= 11 is 3.58. The molecule has 1 aliphatic heterocycles. The van der Waals surface area contributed by atoms with Crippen molar-refractivity contribution >= 4 is 15.9 Å². The van der Waals surface area contributed by atoms with Gasteiger partial charge in [0.2, 0.25) is 0 Å². The minimum Gasteiger partial charge on any atom is -0.364 e. The second-order valence-corrected chi connectivity index (χ2v) is 3.82. The Morgan fingerprint density at radius 3 is 3.00 bits per heavy atom. The SMILES string of the molecule is BrC1CNNC1c1ccc[nH]1. The summed E-state index contributed by atoms with van der Waals surface area (Å²) in [6.07, 6.45) is 1.94. The third kappa shape index (κ3) is 1.34. The number of hydrogen-bond donors (Lipinski definition) is 3. The van der Waals surface area contributed by atoms with Gasteiger partial charge in [0.25, 0.3) is 0 Å². The molecule has 3 nitrogen and oxygen atoms in total. The average Bonchev–Trinajstić information content (AvgIpc) is 2.55. The van der Waals surface area contributed by atoms with E-state index < -0.39 is 0 Å². The van der Waals surface area contributed by atoms with Crippen LogP contribution in [0.2, 0.25) is 0 Å². The Balaban J connectivity index is 2.16. The average molecular weight is 216 g/mol. The molecule has 60 valence electrons. The van der Waals surface area contributed by atoms with Gasteiger partial charge in [-0.15, -0.1) is 0 Å². The summed E-state index contributed by atoms with van der Waals surface area (Å²) in [5.41, 5.74) is 7.49. The third-order valence-electron chi connectivity index (χ3n) is 1.87. The molecule has 0 amide bonds. The lowest BCUT2D eigenvalue weighted by molar-refractivity contribution is 0.576. The lowest BCUT2D eigenvalue weighted by atomic mass is 10.2. The fraction of sp³-hybridized carbons (Fsp3) is 0.429. The van der Waals surface area contributed by atoms with Crippen molar-refractivity contribution in [2.75, 3.05) is 6.54 Å². The maximum atomic E-state index is 3.58. The summed E-state index contributed by atoms with van der Waals surface area (Å²) < 4.78 is 0. The lowest BCUT2D eigenvalue weighted by Gasteiger charge is -2.10. The van der Waals surface area contributed by atoms with E-state index >= 15 is 0 Å². The van der Waals surface area contributed by atoms with Crippen LogP contribution in [-0.4, -0.2) is 16.4 Å². The maximum absolute atomic E-state index is 3.58. The molecule has 1 fully saturated rings. The van der Waals surface area contributed by atoms with Gasteiger partial charge in [-0.2, -0.15) is 0 Å². The molecule has 1 aromatic heterocycles. The van der Waals surface area contributed by atoms with Gasteiger partial charge in [0.1, 0.15) is 0 Å². The molecule has 1 saturated heterocycles. The zero-order chi connectivity index (χ0) is 7.68. The smallest absolute Gasteiger partial charge is 0.0749 e. The largest absolute Gasteiger partial charge is 0.364 e. The van der Waals surface area contributed by atoms with Crippen molar-refractivity contribution in [1.82, 2.24) is 15.8 Å². The highest BCUT2D eigenvalue weighted by atomic mass is 79.9. The zero-order valence-corrected chi connectivity index (χ0v) is 7.56. The maximum Gasteiger partial charge on any atom is 0.0749 e. The number of alkyl halides is 1. The van der Waals surface area contributed by atoms with E-state index in [2.05, 4.69) is 37.8 Å². The molecule has 2 unspecified atom stereocenters. The molecule has 1 aliphatic rings. The molecule has 0 bridgehead atoms. The molecule has 0 aliphatic carbocycles. The van der Waals surface area contributed by atoms with Gasteiger partial charge in [-0.05, 0) is 12.1 Å². The molecular formula is C7H10BrN3. The number of hydrogen-bond acceptors (Lipinski definition) is 2. The number of halogens is 1. The van der Waals surface area contributed by atoms with Crippen LogP contribution in [0.3, 0.4) is 0 Å². The van der Waals surface area contributed by atoms with Crippen molar-refractivity contribution in [3.05, 3.63) is 24.0 Å². The van der Waals surface area contributed by atoms with E-state index in [4.69, 9.17) is 0 Å². The van der Waals surface area contributed by atoms with Crippen LogP contribution in [0.1, 0.15) is 11.7 Å². The molecule has 2 heterocycles.